The zero-order valence-corrected chi connectivity index (χ0v) is 14.2. The maximum Gasteiger partial charge on any atom is 0.121 e. The minimum Gasteiger partial charge on any atom is -0.496 e. The molecule has 1 aliphatic rings. The Labute approximate surface area is 139 Å². The summed E-state index contributed by atoms with van der Waals surface area (Å²) < 4.78 is 5.34. The van der Waals surface area contributed by atoms with Gasteiger partial charge in [0, 0.05) is 39.3 Å². The van der Waals surface area contributed by atoms with E-state index in [0.29, 0.717) is 0 Å². The minimum atomic E-state index is 0.974. The van der Waals surface area contributed by atoms with Crippen LogP contribution in [0.4, 0.5) is 0 Å². The van der Waals surface area contributed by atoms with E-state index < -0.39 is 0 Å². The van der Waals surface area contributed by atoms with E-state index in [9.17, 15) is 0 Å². The van der Waals surface area contributed by atoms with Crippen molar-refractivity contribution in [2.45, 2.75) is 20.0 Å². The number of benzene rings is 2. The summed E-state index contributed by atoms with van der Waals surface area (Å²) >= 11 is 0. The summed E-state index contributed by atoms with van der Waals surface area (Å²) in [6.07, 6.45) is 0. The van der Waals surface area contributed by atoms with Gasteiger partial charge in [-0.15, -0.1) is 0 Å². The first-order chi connectivity index (χ1) is 11.2. The molecule has 1 heterocycles. The van der Waals surface area contributed by atoms with E-state index in [-0.39, 0.29) is 0 Å². The van der Waals surface area contributed by atoms with Crippen molar-refractivity contribution in [2.75, 3.05) is 33.3 Å². The minimum absolute atomic E-state index is 0.974. The number of rotatable bonds is 5. The van der Waals surface area contributed by atoms with E-state index in [1.54, 1.807) is 7.11 Å². The van der Waals surface area contributed by atoms with Crippen molar-refractivity contribution in [1.29, 1.82) is 0 Å². The molecule has 1 fully saturated rings. The van der Waals surface area contributed by atoms with Gasteiger partial charge in [0.2, 0.25) is 0 Å². The van der Waals surface area contributed by atoms with Crippen molar-refractivity contribution in [3.05, 3.63) is 65.2 Å². The first-order valence-electron chi connectivity index (χ1n) is 8.37. The summed E-state index contributed by atoms with van der Waals surface area (Å²) in [5, 5.41) is 0. The number of piperazine rings is 1. The second-order valence-electron chi connectivity index (χ2n) is 6.34. The summed E-state index contributed by atoms with van der Waals surface area (Å²) in [4.78, 5) is 5.09. The van der Waals surface area contributed by atoms with E-state index >= 15 is 0 Å². The van der Waals surface area contributed by atoms with Crippen LogP contribution in [0.25, 0.3) is 0 Å². The van der Waals surface area contributed by atoms with Gasteiger partial charge in [-0.3, -0.25) is 9.80 Å². The van der Waals surface area contributed by atoms with Gasteiger partial charge in [0.25, 0.3) is 0 Å². The van der Waals surface area contributed by atoms with Crippen LogP contribution in [0.1, 0.15) is 16.7 Å². The highest BCUT2D eigenvalue weighted by Gasteiger charge is 2.17. The molecule has 3 nitrogen and oxygen atoms in total. The molecular formula is C20H26N2O. The molecule has 0 aromatic heterocycles. The number of hydrogen-bond acceptors (Lipinski definition) is 3. The molecule has 2 aromatic carbocycles. The fraction of sp³-hybridized carbons (Fsp3) is 0.400. The third-order valence-corrected chi connectivity index (χ3v) is 4.58. The summed E-state index contributed by atoms with van der Waals surface area (Å²) in [7, 11) is 1.73. The molecule has 3 heteroatoms. The van der Waals surface area contributed by atoms with Crippen LogP contribution in [0.15, 0.2) is 48.5 Å². The Morgan fingerprint density at radius 2 is 1.43 bits per heavy atom. The number of hydrogen-bond donors (Lipinski definition) is 0. The number of methoxy groups -OCH3 is 1. The molecule has 2 aromatic rings. The topological polar surface area (TPSA) is 15.7 Å². The van der Waals surface area contributed by atoms with Crippen molar-refractivity contribution >= 4 is 0 Å². The van der Waals surface area contributed by atoms with E-state index in [1.807, 2.05) is 0 Å². The highest BCUT2D eigenvalue weighted by molar-refractivity contribution is 5.36. The van der Waals surface area contributed by atoms with E-state index in [0.717, 1.165) is 45.0 Å². The van der Waals surface area contributed by atoms with Crippen LogP contribution < -0.4 is 4.74 Å². The quantitative estimate of drug-likeness (QED) is 0.842. The average molecular weight is 310 g/mol. The lowest BCUT2D eigenvalue weighted by molar-refractivity contribution is 0.122. The second kappa shape index (κ2) is 7.62. The molecule has 1 saturated heterocycles. The fourth-order valence-electron chi connectivity index (χ4n) is 3.24. The van der Waals surface area contributed by atoms with Gasteiger partial charge in [0.1, 0.15) is 5.75 Å². The number of aryl methyl sites for hydroxylation is 1. The summed E-state index contributed by atoms with van der Waals surface area (Å²) in [5.74, 6) is 0.974. The largest absolute Gasteiger partial charge is 0.496 e. The summed E-state index contributed by atoms with van der Waals surface area (Å²) in [6.45, 7) is 8.77. The summed E-state index contributed by atoms with van der Waals surface area (Å²) in [6, 6.07) is 17.3. The van der Waals surface area contributed by atoms with E-state index in [2.05, 4.69) is 65.3 Å². The lowest BCUT2D eigenvalue weighted by Crippen LogP contribution is -2.45. The monoisotopic (exact) mass is 310 g/mol. The van der Waals surface area contributed by atoms with Gasteiger partial charge in [-0.25, -0.2) is 0 Å². The van der Waals surface area contributed by atoms with Crippen LogP contribution in [0.3, 0.4) is 0 Å². The van der Waals surface area contributed by atoms with E-state index in [4.69, 9.17) is 4.74 Å². The molecule has 0 radical (unpaired) electrons. The predicted molar refractivity (Wildman–Crippen MR) is 94.7 cm³/mol. The maximum atomic E-state index is 5.34. The number of nitrogens with zero attached hydrogens (tertiary/aromatic N) is 2. The Morgan fingerprint density at radius 1 is 0.826 bits per heavy atom. The smallest absolute Gasteiger partial charge is 0.121 e. The Bertz CT molecular complexity index is 619. The van der Waals surface area contributed by atoms with Crippen LogP contribution in [0, 0.1) is 6.92 Å². The molecule has 0 saturated carbocycles. The van der Waals surface area contributed by atoms with Gasteiger partial charge in [-0.05, 0) is 29.7 Å². The molecule has 0 amide bonds. The second-order valence-corrected chi connectivity index (χ2v) is 6.34. The SMILES string of the molecule is COc1ccc(CN2CCN(Cc3ccccc3)CC2)cc1C. The third-order valence-electron chi connectivity index (χ3n) is 4.58. The first-order valence-corrected chi connectivity index (χ1v) is 8.37. The molecule has 0 bridgehead atoms. The van der Waals surface area contributed by atoms with Crippen molar-refractivity contribution in [2.24, 2.45) is 0 Å². The third kappa shape index (κ3) is 4.34. The van der Waals surface area contributed by atoms with Crippen molar-refractivity contribution in [1.82, 2.24) is 9.80 Å². The molecule has 0 N–H and O–H groups in total. The zero-order valence-electron chi connectivity index (χ0n) is 14.2. The molecule has 0 spiro atoms. The van der Waals surface area contributed by atoms with Gasteiger partial charge in [-0.1, -0.05) is 42.5 Å². The number of ether oxygens (including phenoxy) is 1. The molecule has 122 valence electrons. The molecule has 0 atom stereocenters. The van der Waals surface area contributed by atoms with Crippen LogP contribution in [0.2, 0.25) is 0 Å². The normalized spacial score (nSPS) is 16.4. The average Bonchev–Trinajstić information content (AvgIpc) is 2.58. The zero-order chi connectivity index (χ0) is 16.1. The van der Waals surface area contributed by atoms with Gasteiger partial charge in [0.05, 0.1) is 7.11 Å². The molecule has 0 aliphatic carbocycles. The van der Waals surface area contributed by atoms with Crippen LogP contribution >= 0.6 is 0 Å². The predicted octanol–water partition coefficient (Wildman–Crippen LogP) is 3.32. The van der Waals surface area contributed by atoms with Crippen molar-refractivity contribution in [3.8, 4) is 5.75 Å². The van der Waals surface area contributed by atoms with Gasteiger partial charge in [-0.2, -0.15) is 0 Å². The Hall–Kier alpha value is -1.84. The maximum absolute atomic E-state index is 5.34. The van der Waals surface area contributed by atoms with Gasteiger partial charge >= 0.3 is 0 Å². The molecule has 23 heavy (non-hydrogen) atoms. The molecule has 0 unspecified atom stereocenters. The van der Waals surface area contributed by atoms with Crippen LogP contribution in [-0.2, 0) is 13.1 Å². The van der Waals surface area contributed by atoms with E-state index in [1.165, 1.54) is 16.7 Å². The van der Waals surface area contributed by atoms with Gasteiger partial charge in [0.15, 0.2) is 0 Å². The summed E-state index contributed by atoms with van der Waals surface area (Å²) in [5.41, 5.74) is 4.00. The van der Waals surface area contributed by atoms with Crippen molar-refractivity contribution in [3.63, 3.8) is 0 Å². The Kier molecular flexibility index (Phi) is 5.31. The lowest BCUT2D eigenvalue weighted by atomic mass is 10.1. The molecule has 3 rings (SSSR count). The highest BCUT2D eigenvalue weighted by atomic mass is 16.5. The van der Waals surface area contributed by atoms with Crippen LogP contribution in [-0.4, -0.2) is 43.1 Å². The standard InChI is InChI=1S/C20H26N2O/c1-17-14-19(8-9-20(17)23-2)16-22-12-10-21(11-13-22)15-18-6-4-3-5-7-18/h3-9,14H,10-13,15-16H2,1-2H3. The Balaban J connectivity index is 1.50. The first kappa shape index (κ1) is 16.0. The molecular weight excluding hydrogens is 284 g/mol. The van der Waals surface area contributed by atoms with Crippen molar-refractivity contribution < 1.29 is 4.74 Å². The van der Waals surface area contributed by atoms with Gasteiger partial charge < -0.3 is 4.74 Å². The fourth-order valence-corrected chi connectivity index (χ4v) is 3.24. The Morgan fingerprint density at radius 3 is 2.00 bits per heavy atom. The lowest BCUT2D eigenvalue weighted by Gasteiger charge is -2.34. The highest BCUT2D eigenvalue weighted by Crippen LogP contribution is 2.20. The molecule has 1 aliphatic heterocycles. The van der Waals surface area contributed by atoms with Crippen LogP contribution in [0.5, 0.6) is 5.75 Å².